The van der Waals surface area contributed by atoms with Gasteiger partial charge in [-0.2, -0.15) is 17.5 Å². The molecular weight excluding hydrogens is 383 g/mol. The van der Waals surface area contributed by atoms with Crippen LogP contribution in [0.1, 0.15) is 5.56 Å². The number of nitrogens with one attached hydrogen (secondary N) is 1. The molecule has 0 saturated carbocycles. The molecule has 1 aliphatic heterocycles. The van der Waals surface area contributed by atoms with Gasteiger partial charge >= 0.3 is 6.18 Å². The number of carbonyl (C=O) groups is 1. The van der Waals surface area contributed by atoms with E-state index in [2.05, 4.69) is 5.32 Å². The van der Waals surface area contributed by atoms with E-state index in [1.807, 2.05) is 0 Å². The fourth-order valence-electron chi connectivity index (χ4n) is 2.35. The van der Waals surface area contributed by atoms with Crippen LogP contribution in [0.4, 0.5) is 13.2 Å². The van der Waals surface area contributed by atoms with Crippen LogP contribution >= 0.6 is 11.6 Å². The lowest BCUT2D eigenvalue weighted by Crippen LogP contribution is -2.49. The van der Waals surface area contributed by atoms with Crippen molar-refractivity contribution in [3.8, 4) is 0 Å². The first-order chi connectivity index (χ1) is 11.5. The Hall–Kier alpha value is -1.36. The number of piperazine rings is 1. The van der Waals surface area contributed by atoms with Crippen LogP contribution in [-0.2, 0) is 21.0 Å². The van der Waals surface area contributed by atoms with Gasteiger partial charge in [-0.3, -0.25) is 4.79 Å². The Labute approximate surface area is 148 Å². The fourth-order valence-corrected chi connectivity index (χ4v) is 3.72. The number of amides is 1. The molecule has 1 aromatic rings. The normalized spacial score (nSPS) is 16.3. The summed E-state index contributed by atoms with van der Waals surface area (Å²) in [6.45, 7) is 1.66. The highest BCUT2D eigenvalue weighted by Crippen LogP contribution is 2.36. The highest BCUT2D eigenvalue weighted by Gasteiger charge is 2.35. The van der Waals surface area contributed by atoms with Gasteiger partial charge in [0, 0.05) is 33.2 Å². The highest BCUT2D eigenvalue weighted by atomic mass is 35.5. The van der Waals surface area contributed by atoms with E-state index in [1.54, 1.807) is 0 Å². The van der Waals surface area contributed by atoms with E-state index in [-0.39, 0.29) is 0 Å². The lowest BCUT2D eigenvalue weighted by molar-refractivity contribution is -0.137. The maximum absolute atomic E-state index is 12.9. The first kappa shape index (κ1) is 20.0. The Balaban J connectivity index is 2.21. The largest absolute Gasteiger partial charge is 0.417 e. The maximum atomic E-state index is 12.9. The summed E-state index contributed by atoms with van der Waals surface area (Å²) >= 11 is 5.50. The molecule has 0 spiro atoms. The van der Waals surface area contributed by atoms with E-state index in [0.717, 1.165) is 23.5 Å². The van der Waals surface area contributed by atoms with E-state index in [4.69, 9.17) is 11.6 Å². The summed E-state index contributed by atoms with van der Waals surface area (Å²) in [6.07, 6.45) is -4.78. The predicted octanol–water partition coefficient (Wildman–Crippen LogP) is 1.41. The van der Waals surface area contributed by atoms with Crippen molar-refractivity contribution >= 4 is 27.5 Å². The number of halogens is 4. The van der Waals surface area contributed by atoms with E-state index < -0.39 is 44.1 Å². The van der Waals surface area contributed by atoms with Crippen molar-refractivity contribution < 1.29 is 26.4 Å². The number of alkyl halides is 3. The summed E-state index contributed by atoms with van der Waals surface area (Å²) < 4.78 is 64.4. The smallest absolute Gasteiger partial charge is 0.339 e. The molecule has 0 unspecified atom stereocenters. The van der Waals surface area contributed by atoms with Gasteiger partial charge in [0.2, 0.25) is 15.9 Å². The molecule has 1 aliphatic rings. The van der Waals surface area contributed by atoms with Gasteiger partial charge in [-0.15, -0.1) is 0 Å². The van der Waals surface area contributed by atoms with Crippen molar-refractivity contribution in [2.24, 2.45) is 0 Å². The number of likely N-dealkylation sites (N-methyl/N-ethyl adjacent to an activating group) is 1. The molecule has 0 radical (unpaired) electrons. The average Bonchev–Trinajstić information content (AvgIpc) is 2.54. The third kappa shape index (κ3) is 4.63. The number of hydrogen-bond acceptors (Lipinski definition) is 4. The van der Waals surface area contributed by atoms with Crippen LogP contribution in [0.15, 0.2) is 23.1 Å². The second kappa shape index (κ2) is 7.48. The van der Waals surface area contributed by atoms with Gasteiger partial charge in [-0.25, -0.2) is 8.42 Å². The summed E-state index contributed by atoms with van der Waals surface area (Å²) in [4.78, 5) is 13.1. The molecule has 2 rings (SSSR count). The maximum Gasteiger partial charge on any atom is 0.417 e. The molecule has 6 nitrogen and oxygen atoms in total. The number of sulfonamides is 1. The summed E-state index contributed by atoms with van der Waals surface area (Å²) in [5.74, 6) is -0.405. The summed E-state index contributed by atoms with van der Waals surface area (Å²) in [6, 6.07) is 2.34. The lowest BCUT2D eigenvalue weighted by Gasteiger charge is -2.29. The van der Waals surface area contributed by atoms with Crippen LogP contribution in [0.3, 0.4) is 0 Å². The standard InChI is InChI=1S/C14H17ClF3N3O3S/c1-20(9-13(22)21-6-4-19-5-7-21)25(23,24)10-2-3-12(15)11(8-10)14(16,17)18/h2-3,8,19H,4-7,9H2,1H3. The Morgan fingerprint density at radius 2 is 1.92 bits per heavy atom. The molecule has 140 valence electrons. The van der Waals surface area contributed by atoms with E-state index >= 15 is 0 Å². The zero-order valence-corrected chi connectivity index (χ0v) is 14.9. The van der Waals surface area contributed by atoms with Crippen LogP contribution in [0.25, 0.3) is 0 Å². The summed E-state index contributed by atoms with van der Waals surface area (Å²) in [5, 5.41) is 2.47. The first-order valence-corrected chi connectivity index (χ1v) is 9.17. The zero-order valence-electron chi connectivity index (χ0n) is 13.3. The molecule has 0 atom stereocenters. The van der Waals surface area contributed by atoms with Gasteiger partial charge in [0.05, 0.1) is 22.0 Å². The Bertz CT molecular complexity index is 749. The Morgan fingerprint density at radius 3 is 2.48 bits per heavy atom. The predicted molar refractivity (Wildman–Crippen MR) is 85.7 cm³/mol. The molecule has 25 heavy (non-hydrogen) atoms. The Morgan fingerprint density at radius 1 is 1.32 bits per heavy atom. The fraction of sp³-hybridized carbons (Fsp3) is 0.500. The number of nitrogens with zero attached hydrogens (tertiary/aromatic N) is 2. The van der Waals surface area contributed by atoms with Crippen molar-refractivity contribution in [2.45, 2.75) is 11.1 Å². The molecule has 1 saturated heterocycles. The minimum Gasteiger partial charge on any atom is -0.339 e. The molecule has 1 amide bonds. The van der Waals surface area contributed by atoms with Crippen molar-refractivity contribution in [1.29, 1.82) is 0 Å². The molecule has 11 heteroatoms. The second-order valence-electron chi connectivity index (χ2n) is 5.53. The van der Waals surface area contributed by atoms with Gasteiger partial charge in [-0.1, -0.05) is 11.6 Å². The first-order valence-electron chi connectivity index (χ1n) is 7.35. The van der Waals surface area contributed by atoms with Crippen LogP contribution in [0, 0.1) is 0 Å². The SMILES string of the molecule is CN(CC(=O)N1CCNCC1)S(=O)(=O)c1ccc(Cl)c(C(F)(F)F)c1. The van der Waals surface area contributed by atoms with E-state index in [1.165, 1.54) is 4.90 Å². The monoisotopic (exact) mass is 399 g/mol. The molecule has 1 heterocycles. The van der Waals surface area contributed by atoms with Gasteiger partial charge in [-0.05, 0) is 18.2 Å². The average molecular weight is 400 g/mol. The van der Waals surface area contributed by atoms with E-state index in [0.29, 0.717) is 32.2 Å². The zero-order chi connectivity index (χ0) is 18.8. The van der Waals surface area contributed by atoms with Crippen LogP contribution in [0.2, 0.25) is 5.02 Å². The third-order valence-corrected chi connectivity index (χ3v) is 5.91. The number of benzene rings is 1. The lowest BCUT2D eigenvalue weighted by atomic mass is 10.2. The minimum absolute atomic E-state index is 0.405. The quantitative estimate of drug-likeness (QED) is 0.831. The topological polar surface area (TPSA) is 69.7 Å². The van der Waals surface area contributed by atoms with Gasteiger partial charge in [0.1, 0.15) is 0 Å². The molecule has 1 N–H and O–H groups in total. The van der Waals surface area contributed by atoms with Crippen molar-refractivity contribution in [3.05, 3.63) is 28.8 Å². The highest BCUT2D eigenvalue weighted by molar-refractivity contribution is 7.89. The van der Waals surface area contributed by atoms with E-state index in [9.17, 15) is 26.4 Å². The van der Waals surface area contributed by atoms with Crippen LogP contribution in [-0.4, -0.2) is 63.3 Å². The van der Waals surface area contributed by atoms with Gasteiger partial charge in [0.15, 0.2) is 0 Å². The minimum atomic E-state index is -4.78. The van der Waals surface area contributed by atoms with Gasteiger partial charge in [0.25, 0.3) is 0 Å². The molecular formula is C14H17ClF3N3O3S. The molecule has 0 aliphatic carbocycles. The summed E-state index contributed by atoms with van der Waals surface area (Å²) in [5.41, 5.74) is -1.24. The second-order valence-corrected chi connectivity index (χ2v) is 7.98. The van der Waals surface area contributed by atoms with Crippen LogP contribution < -0.4 is 5.32 Å². The Kier molecular flexibility index (Phi) is 5.97. The molecule has 1 fully saturated rings. The third-order valence-electron chi connectivity index (χ3n) is 3.78. The number of hydrogen-bond donors (Lipinski definition) is 1. The number of rotatable bonds is 4. The van der Waals surface area contributed by atoms with Crippen molar-refractivity contribution in [3.63, 3.8) is 0 Å². The molecule has 0 aromatic heterocycles. The summed E-state index contributed by atoms with van der Waals surface area (Å²) in [7, 11) is -3.11. The van der Waals surface area contributed by atoms with Crippen LogP contribution in [0.5, 0.6) is 0 Å². The van der Waals surface area contributed by atoms with Crippen molar-refractivity contribution in [2.75, 3.05) is 39.8 Å². The van der Waals surface area contributed by atoms with Gasteiger partial charge < -0.3 is 10.2 Å². The molecule has 1 aromatic carbocycles. The molecule has 0 bridgehead atoms. The van der Waals surface area contributed by atoms with Crippen molar-refractivity contribution in [1.82, 2.24) is 14.5 Å². The number of carbonyl (C=O) groups excluding carboxylic acids is 1.